The molecule has 1 atom stereocenters. The van der Waals surface area contributed by atoms with Crippen molar-refractivity contribution in [2.45, 2.75) is 26.5 Å². The first kappa shape index (κ1) is 18.2. The maximum absolute atomic E-state index is 6.07. The Labute approximate surface area is 151 Å². The highest BCUT2D eigenvalue weighted by Crippen LogP contribution is 2.22. The first-order valence-electron chi connectivity index (χ1n) is 9.55. The minimum Gasteiger partial charge on any atom is -0.398 e. The Morgan fingerprint density at radius 3 is 2.76 bits per heavy atom. The smallest absolute Gasteiger partial charge is 0.119 e. The molecular weight excluding hydrogens is 312 g/mol. The number of morpholine rings is 1. The molecule has 1 fully saturated rings. The Bertz CT molecular complexity index is 692. The Morgan fingerprint density at radius 2 is 2.00 bits per heavy atom. The quantitative estimate of drug-likeness (QED) is 0.619. The molecule has 1 unspecified atom stereocenters. The summed E-state index contributed by atoms with van der Waals surface area (Å²) in [5.74, 6) is 0. The molecule has 138 valence electrons. The minimum absolute atomic E-state index is 0.343. The molecule has 0 amide bonds. The van der Waals surface area contributed by atoms with E-state index in [1.54, 1.807) is 0 Å². The fraction of sp³-hybridized carbons (Fsp3) is 0.600. The third kappa shape index (κ3) is 4.17. The molecule has 3 rings (SSSR count). The predicted molar refractivity (Wildman–Crippen MR) is 105 cm³/mol. The van der Waals surface area contributed by atoms with E-state index in [2.05, 4.69) is 48.7 Å². The van der Waals surface area contributed by atoms with Crippen LogP contribution in [-0.4, -0.2) is 73.0 Å². The Kier molecular flexibility index (Phi) is 5.67. The van der Waals surface area contributed by atoms with E-state index in [9.17, 15) is 0 Å². The van der Waals surface area contributed by atoms with Crippen LogP contribution in [0, 0.1) is 0 Å². The van der Waals surface area contributed by atoms with Gasteiger partial charge >= 0.3 is 0 Å². The number of anilines is 1. The molecule has 1 saturated heterocycles. The number of hydrogen-bond acceptors (Lipinski definition) is 3. The first-order chi connectivity index (χ1) is 12.0. The van der Waals surface area contributed by atoms with Crippen molar-refractivity contribution in [2.24, 2.45) is 0 Å². The predicted octanol–water partition coefficient (Wildman–Crippen LogP) is 2.41. The molecule has 2 N–H and O–H groups in total. The molecule has 0 aliphatic carbocycles. The fourth-order valence-corrected chi connectivity index (χ4v) is 3.76. The number of likely N-dealkylation sites (N-methyl/N-ethyl adjacent to an activating group) is 1. The summed E-state index contributed by atoms with van der Waals surface area (Å²) in [6.07, 6.45) is 2.50. The number of nitrogens with two attached hydrogens (primary N) is 1. The number of aromatic nitrogens is 1. The van der Waals surface area contributed by atoms with Gasteiger partial charge in [0, 0.05) is 43.4 Å². The van der Waals surface area contributed by atoms with Crippen LogP contribution in [0.4, 0.5) is 5.69 Å². The van der Waals surface area contributed by atoms with E-state index in [-0.39, 0.29) is 0 Å². The van der Waals surface area contributed by atoms with E-state index in [0.29, 0.717) is 6.10 Å². The molecule has 1 aliphatic heterocycles. The second-order valence-corrected chi connectivity index (χ2v) is 7.52. The van der Waals surface area contributed by atoms with Crippen molar-refractivity contribution in [1.82, 2.24) is 9.47 Å². The van der Waals surface area contributed by atoms with Gasteiger partial charge in [0.15, 0.2) is 0 Å². The summed E-state index contributed by atoms with van der Waals surface area (Å²) in [6, 6.07) is 8.28. The van der Waals surface area contributed by atoms with Gasteiger partial charge in [-0.25, -0.2) is 0 Å². The van der Waals surface area contributed by atoms with Crippen LogP contribution in [0.5, 0.6) is 0 Å². The Balaban J connectivity index is 1.58. The van der Waals surface area contributed by atoms with Crippen LogP contribution in [0.2, 0.25) is 0 Å². The highest BCUT2D eigenvalue weighted by Gasteiger charge is 2.28. The number of benzene rings is 1. The van der Waals surface area contributed by atoms with Crippen molar-refractivity contribution in [3.63, 3.8) is 0 Å². The molecule has 0 bridgehead atoms. The summed E-state index contributed by atoms with van der Waals surface area (Å²) in [7, 11) is 2.33. The number of nitrogen functional groups attached to an aromatic ring is 1. The average Bonchev–Trinajstić information content (AvgIpc) is 3.05. The maximum Gasteiger partial charge on any atom is 0.119 e. The van der Waals surface area contributed by atoms with Crippen LogP contribution in [0.3, 0.4) is 0 Å². The molecular formula is C20H33N4O+. The highest BCUT2D eigenvalue weighted by molar-refractivity contribution is 5.91. The van der Waals surface area contributed by atoms with E-state index in [1.807, 2.05) is 12.1 Å². The molecule has 5 nitrogen and oxygen atoms in total. The van der Waals surface area contributed by atoms with Gasteiger partial charge in [0.05, 0.1) is 32.3 Å². The molecule has 1 aromatic heterocycles. The van der Waals surface area contributed by atoms with Crippen LogP contribution in [0.1, 0.15) is 13.8 Å². The molecule has 0 spiro atoms. The van der Waals surface area contributed by atoms with E-state index >= 15 is 0 Å². The van der Waals surface area contributed by atoms with Gasteiger partial charge in [0.25, 0.3) is 0 Å². The van der Waals surface area contributed by atoms with Crippen LogP contribution < -0.4 is 5.73 Å². The van der Waals surface area contributed by atoms with Crippen LogP contribution in [-0.2, 0) is 11.3 Å². The zero-order chi connectivity index (χ0) is 17.9. The summed E-state index contributed by atoms with van der Waals surface area (Å²) in [6.45, 7) is 12.9. The maximum atomic E-state index is 6.07. The van der Waals surface area contributed by atoms with Crippen molar-refractivity contribution >= 4 is 16.6 Å². The summed E-state index contributed by atoms with van der Waals surface area (Å²) >= 11 is 0. The van der Waals surface area contributed by atoms with Gasteiger partial charge in [0.2, 0.25) is 0 Å². The van der Waals surface area contributed by atoms with Gasteiger partial charge in [-0.05, 0) is 32.0 Å². The summed E-state index contributed by atoms with van der Waals surface area (Å²) in [4.78, 5) is 2.54. The van der Waals surface area contributed by atoms with Gasteiger partial charge in [-0.15, -0.1) is 0 Å². The molecule has 0 saturated carbocycles. The molecule has 0 radical (unpaired) electrons. The van der Waals surface area contributed by atoms with E-state index in [4.69, 9.17) is 10.5 Å². The lowest BCUT2D eigenvalue weighted by Crippen LogP contribution is -2.54. The number of ether oxygens (including phenoxy) is 1. The number of hydrogen-bond donors (Lipinski definition) is 1. The van der Waals surface area contributed by atoms with Crippen molar-refractivity contribution in [2.75, 3.05) is 58.7 Å². The molecule has 2 aromatic rings. The molecule has 25 heavy (non-hydrogen) atoms. The van der Waals surface area contributed by atoms with Crippen molar-refractivity contribution in [3.05, 3.63) is 30.5 Å². The zero-order valence-electron chi connectivity index (χ0n) is 15.9. The fourth-order valence-electron chi connectivity index (χ4n) is 3.76. The molecule has 5 heteroatoms. The summed E-state index contributed by atoms with van der Waals surface area (Å²) in [5, 5.41) is 1.15. The summed E-state index contributed by atoms with van der Waals surface area (Å²) in [5.41, 5.74) is 8.16. The SMILES string of the molecule is CC[N+](C)(CC)CC1CN(CCn2ccc3c(N)cccc32)CCO1. The Hall–Kier alpha value is -1.56. The topological polar surface area (TPSA) is 43.4 Å². The van der Waals surface area contributed by atoms with Gasteiger partial charge < -0.3 is 19.5 Å². The van der Waals surface area contributed by atoms with Crippen LogP contribution in [0.15, 0.2) is 30.5 Å². The zero-order valence-corrected chi connectivity index (χ0v) is 15.9. The van der Waals surface area contributed by atoms with Gasteiger partial charge in [-0.3, -0.25) is 4.90 Å². The number of quaternary nitrogens is 1. The second kappa shape index (κ2) is 7.77. The molecule has 2 heterocycles. The molecule has 1 aromatic carbocycles. The van der Waals surface area contributed by atoms with E-state index in [0.717, 1.165) is 68.0 Å². The minimum atomic E-state index is 0.343. The summed E-state index contributed by atoms with van der Waals surface area (Å²) < 4.78 is 9.45. The van der Waals surface area contributed by atoms with Crippen LogP contribution in [0.25, 0.3) is 10.9 Å². The Morgan fingerprint density at radius 1 is 1.20 bits per heavy atom. The third-order valence-electron chi connectivity index (χ3n) is 5.90. The standard InChI is InChI=1S/C20H33N4O/c1-4-24(3,5-2)16-17-15-22(13-14-25-17)11-12-23-10-9-18-19(21)7-6-8-20(18)23/h6-10,17H,4-5,11-16,21H2,1-3H3/q+1. The second-order valence-electron chi connectivity index (χ2n) is 7.52. The average molecular weight is 346 g/mol. The lowest BCUT2D eigenvalue weighted by molar-refractivity contribution is -0.909. The number of nitrogens with zero attached hydrogens (tertiary/aromatic N) is 3. The first-order valence-corrected chi connectivity index (χ1v) is 9.55. The van der Waals surface area contributed by atoms with E-state index in [1.165, 1.54) is 5.52 Å². The van der Waals surface area contributed by atoms with Crippen molar-refractivity contribution < 1.29 is 9.22 Å². The molecule has 1 aliphatic rings. The monoisotopic (exact) mass is 345 g/mol. The lowest BCUT2D eigenvalue weighted by Gasteiger charge is -2.39. The van der Waals surface area contributed by atoms with Gasteiger partial charge in [0.1, 0.15) is 12.6 Å². The van der Waals surface area contributed by atoms with Gasteiger partial charge in [-0.2, -0.15) is 0 Å². The number of fused-ring (bicyclic) bond motifs is 1. The lowest BCUT2D eigenvalue weighted by atomic mass is 10.2. The van der Waals surface area contributed by atoms with Gasteiger partial charge in [-0.1, -0.05) is 6.07 Å². The van der Waals surface area contributed by atoms with Crippen LogP contribution >= 0.6 is 0 Å². The van der Waals surface area contributed by atoms with Crippen molar-refractivity contribution in [1.29, 1.82) is 0 Å². The third-order valence-corrected chi connectivity index (χ3v) is 5.90. The van der Waals surface area contributed by atoms with E-state index < -0.39 is 0 Å². The largest absolute Gasteiger partial charge is 0.398 e. The highest BCUT2D eigenvalue weighted by atomic mass is 16.5. The number of rotatable bonds is 7. The normalized spacial score (nSPS) is 19.6. The van der Waals surface area contributed by atoms with Crippen molar-refractivity contribution in [3.8, 4) is 0 Å².